The van der Waals surface area contributed by atoms with E-state index in [4.69, 9.17) is 31.1 Å². The van der Waals surface area contributed by atoms with Crippen LogP contribution < -0.4 is 9.64 Å². The second-order valence-electron chi connectivity index (χ2n) is 10.9. The van der Waals surface area contributed by atoms with Gasteiger partial charge in [-0.3, -0.25) is 0 Å². The highest BCUT2D eigenvalue weighted by atomic mass is 16.5. The van der Waals surface area contributed by atoms with Crippen LogP contribution in [0.4, 0.5) is 17.1 Å². The van der Waals surface area contributed by atoms with E-state index in [0.717, 1.165) is 4.90 Å². The van der Waals surface area contributed by atoms with E-state index in [1.54, 1.807) is 36.4 Å². The minimum absolute atomic E-state index is 0.0347. The molecule has 0 spiro atoms. The summed E-state index contributed by atoms with van der Waals surface area (Å²) >= 11 is 0. The van der Waals surface area contributed by atoms with Gasteiger partial charge < -0.3 is 14.1 Å². The molecule has 1 aliphatic rings. The van der Waals surface area contributed by atoms with Crippen LogP contribution in [0.5, 0.6) is 11.5 Å². The van der Waals surface area contributed by atoms with Gasteiger partial charge in [0, 0.05) is 33.5 Å². The van der Waals surface area contributed by atoms with Crippen molar-refractivity contribution in [3.63, 3.8) is 0 Å². The van der Waals surface area contributed by atoms with Gasteiger partial charge in [-0.25, -0.2) is 0 Å². The van der Waals surface area contributed by atoms with Crippen molar-refractivity contribution in [1.29, 1.82) is 0 Å². The largest absolute Gasteiger partial charge is 0.456 e. The highest BCUT2D eigenvalue weighted by Crippen LogP contribution is 2.51. The number of rotatable bonds is 5. The number of para-hydroxylation sites is 2. The van der Waals surface area contributed by atoms with E-state index in [0.29, 0.717) is 27.5 Å². The molecule has 0 aliphatic carbocycles. The lowest BCUT2D eigenvalue weighted by molar-refractivity contribution is 0.487. The molecule has 49 heavy (non-hydrogen) atoms. The van der Waals surface area contributed by atoms with E-state index in [-0.39, 0.29) is 33.5 Å². The molecular weight excluding hydrogens is 599 g/mol. The molecule has 0 fully saturated rings. The van der Waals surface area contributed by atoms with Crippen LogP contribution in [0.15, 0.2) is 180 Å². The van der Waals surface area contributed by atoms with Crippen molar-refractivity contribution in [2.24, 2.45) is 0 Å². The Kier molecular flexibility index (Phi) is 3.12. The Labute approximate surface area is 313 Å². The van der Waals surface area contributed by atoms with E-state index >= 15 is 0 Å². The van der Waals surface area contributed by atoms with Gasteiger partial charge in [0.25, 0.3) is 0 Å². The Morgan fingerprint density at radius 1 is 0.469 bits per heavy atom. The lowest BCUT2D eigenvalue weighted by Gasteiger charge is -2.28. The highest BCUT2D eigenvalue weighted by Gasteiger charge is 2.25. The zero-order valence-electron chi connectivity index (χ0n) is 45.9. The molecule has 0 N–H and O–H groups in total. The van der Waals surface area contributed by atoms with Crippen LogP contribution in [-0.4, -0.2) is 0 Å². The fraction of sp³-hybridized carbons (Fsp3) is 0. The van der Waals surface area contributed by atoms with Gasteiger partial charge in [0.1, 0.15) is 17.1 Å². The van der Waals surface area contributed by atoms with Crippen molar-refractivity contribution < 1.29 is 37.9 Å². The summed E-state index contributed by atoms with van der Waals surface area (Å²) in [6, 6.07) is -2.06. The van der Waals surface area contributed by atoms with Crippen molar-refractivity contribution in [2.75, 3.05) is 4.90 Å². The summed E-state index contributed by atoms with van der Waals surface area (Å²) in [5.41, 5.74) is -2.10. The number of hydrogen-bond donors (Lipinski definition) is 0. The fourth-order valence-corrected chi connectivity index (χ4v) is 6.12. The zero-order chi connectivity index (χ0) is 50.6. The normalized spacial score (nSPS) is 17.8. The molecule has 0 saturated heterocycles. The van der Waals surface area contributed by atoms with E-state index in [9.17, 15) is 6.85 Å². The molecule has 230 valence electrons. The molecule has 10 rings (SSSR count). The van der Waals surface area contributed by atoms with Crippen LogP contribution in [0.3, 0.4) is 0 Å². The molecule has 2 heterocycles. The molecule has 0 unspecified atom stereocenters. The average molecular weight is 649 g/mol. The second-order valence-corrected chi connectivity index (χ2v) is 10.9. The third-order valence-electron chi connectivity index (χ3n) is 8.23. The van der Waals surface area contributed by atoms with Crippen LogP contribution in [0.1, 0.15) is 28.8 Å². The quantitative estimate of drug-likeness (QED) is 0.186. The highest BCUT2D eigenvalue weighted by molar-refractivity contribution is 6.12. The molecule has 8 aromatic carbocycles. The number of anilines is 3. The van der Waals surface area contributed by atoms with Crippen LogP contribution in [-0.2, 0) is 0 Å². The smallest absolute Gasteiger partial charge is 0.159 e. The Morgan fingerprint density at radius 2 is 1.18 bits per heavy atom. The maximum atomic E-state index is 9.51. The van der Waals surface area contributed by atoms with Gasteiger partial charge in [0.15, 0.2) is 5.58 Å². The Bertz CT molecular complexity index is 3820. The van der Waals surface area contributed by atoms with Crippen molar-refractivity contribution in [3.05, 3.63) is 175 Å². The number of nitrogens with zero attached hydrogens (tertiary/aromatic N) is 1. The molecular formula is C46H29NO2. The van der Waals surface area contributed by atoms with E-state index in [1.165, 1.54) is 12.1 Å². The van der Waals surface area contributed by atoms with Crippen LogP contribution >= 0.6 is 0 Å². The molecule has 1 aliphatic heterocycles. The maximum absolute atomic E-state index is 9.51. The summed E-state index contributed by atoms with van der Waals surface area (Å²) in [5.74, 6) is 0.362. The molecule has 0 bridgehead atoms. The summed E-state index contributed by atoms with van der Waals surface area (Å²) in [5, 5.41) is 0.345. The number of hydrogen-bond acceptors (Lipinski definition) is 3. The SMILES string of the molecule is [2H]c1c([2H])c([2H])c(-c2c([2H])c([2H])c(N(c3ccc4c(c3)Oc3ccc(-c5c([2H])c([2H])c([2H])c([2H])c5[2H])c5cccc-4c35)c3c([2H])c([2H])c([2H])c4c3oc3c([2H])c([2H])c([2H])c([2H])c34)c([2H])c2[2H])c([2H])c1[2H]. The molecule has 0 radical (unpaired) electrons. The first-order valence-electron chi connectivity index (χ1n) is 25.4. The van der Waals surface area contributed by atoms with Gasteiger partial charge in [-0.15, -0.1) is 0 Å². The Hall–Kier alpha value is -6.58. The summed E-state index contributed by atoms with van der Waals surface area (Å²) in [6.45, 7) is 0. The predicted molar refractivity (Wildman–Crippen MR) is 202 cm³/mol. The number of furan rings is 1. The molecule has 0 amide bonds. The minimum atomic E-state index is -0.876. The van der Waals surface area contributed by atoms with Crippen LogP contribution in [0.25, 0.3) is 66.1 Å². The summed E-state index contributed by atoms with van der Waals surface area (Å²) < 4.78 is 196. The Morgan fingerprint density at radius 3 is 2.02 bits per heavy atom. The van der Waals surface area contributed by atoms with Gasteiger partial charge >= 0.3 is 0 Å². The van der Waals surface area contributed by atoms with Crippen molar-refractivity contribution in [3.8, 4) is 44.9 Å². The van der Waals surface area contributed by atoms with Crippen molar-refractivity contribution in [1.82, 2.24) is 0 Å². The van der Waals surface area contributed by atoms with Crippen molar-refractivity contribution in [2.45, 2.75) is 0 Å². The van der Waals surface area contributed by atoms with Crippen LogP contribution in [0.2, 0.25) is 0 Å². The summed E-state index contributed by atoms with van der Waals surface area (Å²) in [4.78, 5) is 1.02. The van der Waals surface area contributed by atoms with E-state index < -0.39 is 161 Å². The van der Waals surface area contributed by atoms with Gasteiger partial charge in [-0.1, -0.05) is 127 Å². The third-order valence-corrected chi connectivity index (χ3v) is 8.23. The first-order chi connectivity index (χ1) is 33.0. The topological polar surface area (TPSA) is 25.6 Å². The lowest BCUT2D eigenvalue weighted by Crippen LogP contribution is -2.11. The van der Waals surface area contributed by atoms with E-state index in [1.807, 2.05) is 0 Å². The van der Waals surface area contributed by atoms with Crippen molar-refractivity contribution >= 4 is 49.8 Å². The Balaban J connectivity index is 1.28. The number of fused-ring (bicyclic) bond motifs is 5. The van der Waals surface area contributed by atoms with Gasteiger partial charge in [-0.2, -0.15) is 0 Å². The first-order valence-corrected chi connectivity index (χ1v) is 14.9. The minimum Gasteiger partial charge on any atom is -0.456 e. The summed E-state index contributed by atoms with van der Waals surface area (Å²) in [6.07, 6.45) is 0. The average Bonchev–Trinajstić information content (AvgIpc) is 3.75. The van der Waals surface area contributed by atoms with Gasteiger partial charge in [0.05, 0.1) is 40.2 Å². The number of benzene rings is 8. The standard InChI is InChI=1S/C46H29NO2/c1-3-11-30(12-4-1)31-21-23-33(24-22-31)47(41-19-10-18-40-36-15-7-8-20-42(36)49-46(40)41)34-25-26-37-39-17-9-16-38-35(32-13-5-2-6-14-32)27-28-43(45(38)39)48-44(37)29-34/h1-29H/i1D,2D,3D,4D,5D,6D,7D,8D,10D,11D,12D,13D,14D,15D,18D,19D,20D,21D,22D,23D,24D. The monoisotopic (exact) mass is 648 g/mol. The number of ether oxygens (including phenoxy) is 1. The molecule has 1 aromatic heterocycles. The molecule has 0 saturated carbocycles. The van der Waals surface area contributed by atoms with Gasteiger partial charge in [-0.05, 0) is 75.6 Å². The van der Waals surface area contributed by atoms with Crippen LogP contribution in [0, 0.1) is 0 Å². The molecule has 3 heteroatoms. The first kappa shape index (κ1) is 13.9. The third kappa shape index (κ3) is 4.44. The fourth-order valence-electron chi connectivity index (χ4n) is 6.12. The predicted octanol–water partition coefficient (Wildman–Crippen LogP) is 13.3. The molecule has 0 atom stereocenters. The van der Waals surface area contributed by atoms with Gasteiger partial charge in [0.2, 0.25) is 0 Å². The molecule has 3 nitrogen and oxygen atoms in total. The molecule has 9 aromatic rings. The van der Waals surface area contributed by atoms with E-state index in [2.05, 4.69) is 0 Å². The lowest BCUT2D eigenvalue weighted by atomic mass is 9.90. The zero-order valence-corrected chi connectivity index (χ0v) is 24.9. The second kappa shape index (κ2) is 11.0. The summed E-state index contributed by atoms with van der Waals surface area (Å²) in [7, 11) is 0. The maximum Gasteiger partial charge on any atom is 0.159 e.